The first kappa shape index (κ1) is 18.3. The van der Waals surface area contributed by atoms with Crippen molar-refractivity contribution in [2.24, 2.45) is 0 Å². The summed E-state index contributed by atoms with van der Waals surface area (Å²) in [5, 5.41) is 4.47. The number of benzene rings is 2. The molecule has 2 aromatic carbocycles. The Hall–Kier alpha value is -2.48. The highest BCUT2D eigenvalue weighted by Gasteiger charge is 2.14. The van der Waals surface area contributed by atoms with Crippen molar-refractivity contribution in [1.82, 2.24) is 4.72 Å². The molecule has 2 N–H and O–H groups in total. The number of hydrogen-bond donors (Lipinski definition) is 2. The molecular weight excluding hydrogens is 368 g/mol. The van der Waals surface area contributed by atoms with Crippen LogP contribution < -0.4 is 10.0 Å². The maximum absolute atomic E-state index is 12.0. The van der Waals surface area contributed by atoms with Gasteiger partial charge in [0, 0.05) is 18.7 Å². The summed E-state index contributed by atoms with van der Waals surface area (Å²) in [4.78, 5) is 12.0. The molecule has 1 amide bonds. The Bertz CT molecular complexity index is 952. The van der Waals surface area contributed by atoms with E-state index in [1.165, 1.54) is 6.07 Å². The Morgan fingerprint density at radius 3 is 2.23 bits per heavy atom. The van der Waals surface area contributed by atoms with Gasteiger partial charge in [0.2, 0.25) is 15.9 Å². The minimum atomic E-state index is -3.53. The number of amides is 1. The van der Waals surface area contributed by atoms with Crippen molar-refractivity contribution in [2.75, 3.05) is 11.9 Å². The lowest BCUT2D eigenvalue weighted by Crippen LogP contribution is -2.27. The number of rotatable bonds is 7. The van der Waals surface area contributed by atoms with Gasteiger partial charge in [-0.2, -0.15) is 0 Å². The third kappa shape index (κ3) is 4.78. The molecule has 0 aliphatic carbocycles. The largest absolute Gasteiger partial charge is 0.326 e. The zero-order chi connectivity index (χ0) is 18.4. The van der Waals surface area contributed by atoms with Gasteiger partial charge in [0.1, 0.15) is 4.21 Å². The van der Waals surface area contributed by atoms with E-state index in [1.54, 1.807) is 11.4 Å². The minimum absolute atomic E-state index is 0.0498. The van der Waals surface area contributed by atoms with E-state index in [2.05, 4.69) is 10.0 Å². The van der Waals surface area contributed by atoms with Gasteiger partial charge < -0.3 is 5.32 Å². The van der Waals surface area contributed by atoms with Crippen LogP contribution in [-0.2, 0) is 14.8 Å². The summed E-state index contributed by atoms with van der Waals surface area (Å²) in [6.07, 6.45) is 0.0606. The number of sulfonamides is 1. The van der Waals surface area contributed by atoms with Crippen LogP contribution >= 0.6 is 11.3 Å². The van der Waals surface area contributed by atoms with Gasteiger partial charge in [0.25, 0.3) is 0 Å². The Morgan fingerprint density at radius 2 is 1.58 bits per heavy atom. The van der Waals surface area contributed by atoms with Crippen LogP contribution in [0.5, 0.6) is 0 Å². The van der Waals surface area contributed by atoms with Gasteiger partial charge in [-0.1, -0.05) is 48.5 Å². The first-order valence-electron chi connectivity index (χ1n) is 8.03. The monoisotopic (exact) mass is 386 g/mol. The molecule has 0 atom stereocenters. The van der Waals surface area contributed by atoms with Crippen LogP contribution in [0.4, 0.5) is 5.69 Å². The van der Waals surface area contributed by atoms with Gasteiger partial charge in [0.15, 0.2) is 0 Å². The van der Waals surface area contributed by atoms with Crippen molar-refractivity contribution in [3.05, 3.63) is 72.1 Å². The second-order valence-electron chi connectivity index (χ2n) is 5.57. The highest BCUT2D eigenvalue weighted by molar-refractivity contribution is 7.91. The average Bonchev–Trinajstić information content (AvgIpc) is 3.19. The summed E-state index contributed by atoms with van der Waals surface area (Å²) in [5.41, 5.74) is 2.84. The lowest BCUT2D eigenvalue weighted by molar-refractivity contribution is -0.116. The second kappa shape index (κ2) is 8.27. The standard InChI is InChI=1S/C19H18N2O3S2/c22-18(12-13-20-26(23,24)19-7-4-14-25-19)21-17-10-8-16(9-11-17)15-5-2-1-3-6-15/h1-11,14,20H,12-13H2,(H,21,22). The molecule has 3 rings (SSSR count). The lowest BCUT2D eigenvalue weighted by Gasteiger charge is -2.08. The predicted molar refractivity (Wildman–Crippen MR) is 105 cm³/mol. The molecule has 7 heteroatoms. The highest BCUT2D eigenvalue weighted by atomic mass is 32.2. The van der Waals surface area contributed by atoms with E-state index in [9.17, 15) is 13.2 Å². The Labute approximate surface area is 156 Å². The molecule has 134 valence electrons. The Kier molecular flexibility index (Phi) is 5.82. The summed E-state index contributed by atoms with van der Waals surface area (Å²) >= 11 is 1.14. The first-order chi connectivity index (χ1) is 12.5. The number of nitrogens with one attached hydrogen (secondary N) is 2. The zero-order valence-electron chi connectivity index (χ0n) is 13.9. The summed E-state index contributed by atoms with van der Waals surface area (Å²) in [5.74, 6) is -0.244. The minimum Gasteiger partial charge on any atom is -0.326 e. The summed E-state index contributed by atoms with van der Waals surface area (Å²) in [6.45, 7) is 0.0498. The van der Waals surface area contributed by atoms with Gasteiger partial charge in [0.05, 0.1) is 0 Å². The summed E-state index contributed by atoms with van der Waals surface area (Å²) in [7, 11) is -3.53. The van der Waals surface area contributed by atoms with E-state index in [1.807, 2.05) is 54.6 Å². The van der Waals surface area contributed by atoms with E-state index < -0.39 is 10.0 Å². The summed E-state index contributed by atoms with van der Waals surface area (Å²) in [6, 6.07) is 20.7. The number of anilines is 1. The SMILES string of the molecule is O=C(CCNS(=O)(=O)c1cccs1)Nc1ccc(-c2ccccc2)cc1. The van der Waals surface area contributed by atoms with Crippen LogP contribution in [0.25, 0.3) is 11.1 Å². The van der Waals surface area contributed by atoms with Crippen LogP contribution in [0, 0.1) is 0 Å². The molecule has 0 saturated carbocycles. The average molecular weight is 386 g/mol. The zero-order valence-corrected chi connectivity index (χ0v) is 15.5. The first-order valence-corrected chi connectivity index (χ1v) is 10.4. The van der Waals surface area contributed by atoms with Crippen molar-refractivity contribution < 1.29 is 13.2 Å². The quantitative estimate of drug-likeness (QED) is 0.650. The molecule has 26 heavy (non-hydrogen) atoms. The van der Waals surface area contributed by atoms with Gasteiger partial charge in [-0.25, -0.2) is 13.1 Å². The highest BCUT2D eigenvalue weighted by Crippen LogP contribution is 2.21. The van der Waals surface area contributed by atoms with E-state index >= 15 is 0 Å². The van der Waals surface area contributed by atoms with Crippen LogP contribution in [0.1, 0.15) is 6.42 Å². The maximum Gasteiger partial charge on any atom is 0.250 e. The molecule has 3 aromatic rings. The number of thiophene rings is 1. The van der Waals surface area contributed by atoms with Gasteiger partial charge in [-0.05, 0) is 34.7 Å². The van der Waals surface area contributed by atoms with Crippen molar-refractivity contribution in [1.29, 1.82) is 0 Å². The normalized spacial score (nSPS) is 11.2. The molecule has 0 aliphatic heterocycles. The van der Waals surface area contributed by atoms with Crippen molar-refractivity contribution in [3.8, 4) is 11.1 Å². The van der Waals surface area contributed by atoms with Crippen molar-refractivity contribution in [3.63, 3.8) is 0 Å². The molecule has 1 heterocycles. The number of carbonyl (C=O) groups excluding carboxylic acids is 1. The molecule has 0 saturated heterocycles. The molecule has 1 aromatic heterocycles. The van der Waals surface area contributed by atoms with E-state index in [4.69, 9.17) is 0 Å². The molecule has 0 fully saturated rings. The maximum atomic E-state index is 12.0. The molecule has 5 nitrogen and oxygen atoms in total. The van der Waals surface area contributed by atoms with E-state index in [0.29, 0.717) is 5.69 Å². The number of carbonyl (C=O) groups is 1. The van der Waals surface area contributed by atoms with Gasteiger partial charge in [-0.15, -0.1) is 11.3 Å². The number of hydrogen-bond acceptors (Lipinski definition) is 4. The van der Waals surface area contributed by atoms with E-state index in [0.717, 1.165) is 22.5 Å². The third-order valence-corrected chi connectivity index (χ3v) is 6.54. The molecule has 0 spiro atoms. The summed E-state index contributed by atoms with van der Waals surface area (Å²) < 4.78 is 26.6. The van der Waals surface area contributed by atoms with Crippen LogP contribution in [0.2, 0.25) is 0 Å². The molecule has 0 radical (unpaired) electrons. The topological polar surface area (TPSA) is 75.3 Å². The fourth-order valence-electron chi connectivity index (χ4n) is 2.39. The van der Waals surface area contributed by atoms with Crippen molar-refractivity contribution >= 4 is 33.0 Å². The fraction of sp³-hybridized carbons (Fsp3) is 0.105. The molecule has 0 unspecified atom stereocenters. The van der Waals surface area contributed by atoms with Gasteiger partial charge in [-0.3, -0.25) is 4.79 Å². The van der Waals surface area contributed by atoms with Crippen LogP contribution in [0.3, 0.4) is 0 Å². The predicted octanol–water partition coefficient (Wildman–Crippen LogP) is 3.72. The molecular formula is C19H18N2O3S2. The lowest BCUT2D eigenvalue weighted by atomic mass is 10.1. The van der Waals surface area contributed by atoms with Crippen LogP contribution in [-0.4, -0.2) is 20.9 Å². The Balaban J connectivity index is 1.51. The van der Waals surface area contributed by atoms with Crippen molar-refractivity contribution in [2.45, 2.75) is 10.6 Å². The van der Waals surface area contributed by atoms with Crippen LogP contribution in [0.15, 0.2) is 76.3 Å². The van der Waals surface area contributed by atoms with Gasteiger partial charge >= 0.3 is 0 Å². The fourth-order valence-corrected chi connectivity index (χ4v) is 4.46. The van der Waals surface area contributed by atoms with E-state index in [-0.39, 0.29) is 23.1 Å². The third-order valence-electron chi connectivity index (χ3n) is 3.68. The Morgan fingerprint density at radius 1 is 0.885 bits per heavy atom. The molecule has 0 aliphatic rings. The molecule has 0 bridgehead atoms. The smallest absolute Gasteiger partial charge is 0.250 e. The second-order valence-corrected chi connectivity index (χ2v) is 8.51.